The molecule has 0 unspecified atom stereocenters. The van der Waals surface area contributed by atoms with Crippen LogP contribution in [0.25, 0.3) is 32.6 Å². The molecule has 0 amide bonds. The van der Waals surface area contributed by atoms with E-state index in [1.807, 2.05) is 18.2 Å². The second-order valence-electron chi connectivity index (χ2n) is 6.26. The highest BCUT2D eigenvalue weighted by Gasteiger charge is 2.19. The molecule has 2 heterocycles. The van der Waals surface area contributed by atoms with E-state index in [0.717, 1.165) is 34.5 Å². The van der Waals surface area contributed by atoms with Crippen molar-refractivity contribution in [3.05, 3.63) is 46.4 Å². The van der Waals surface area contributed by atoms with Gasteiger partial charge in [-0.2, -0.15) is 0 Å². The Balaban J connectivity index is 2.17. The maximum atomic E-state index is 12.3. The summed E-state index contributed by atoms with van der Waals surface area (Å²) in [4.78, 5) is 18.7. The molecule has 0 fully saturated rings. The van der Waals surface area contributed by atoms with Crippen molar-refractivity contribution in [1.82, 2.24) is 9.88 Å². The molecular weight excluding hydrogens is 304 g/mol. The molecule has 0 bridgehead atoms. The normalized spacial score (nSPS) is 12.0. The average molecular weight is 322 g/mol. The summed E-state index contributed by atoms with van der Waals surface area (Å²) in [6, 6.07) is 8.02. The molecule has 4 aromatic rings. The van der Waals surface area contributed by atoms with Gasteiger partial charge in [0.1, 0.15) is 0 Å². The number of likely N-dealkylation sites (N-methyl/N-ethyl adjacent to an activating group) is 1. The highest BCUT2D eigenvalue weighted by atomic mass is 16.5. The summed E-state index contributed by atoms with van der Waals surface area (Å²) in [5, 5.41) is 3.84. The van der Waals surface area contributed by atoms with Gasteiger partial charge in [-0.25, -0.2) is 9.78 Å². The zero-order valence-corrected chi connectivity index (χ0v) is 13.9. The molecule has 24 heavy (non-hydrogen) atoms. The Bertz CT molecular complexity index is 1100. The fourth-order valence-corrected chi connectivity index (χ4v) is 3.30. The average Bonchev–Trinajstić information content (AvgIpc) is 2.59. The van der Waals surface area contributed by atoms with Gasteiger partial charge in [-0.05, 0) is 49.0 Å². The minimum Gasteiger partial charge on any atom is -0.493 e. The second kappa shape index (κ2) is 5.46. The Kier molecular flexibility index (Phi) is 3.39. The molecule has 0 aliphatic rings. The number of rotatable bonds is 4. The lowest BCUT2D eigenvalue weighted by molar-refractivity contribution is 0.403. The standard InChI is InChI=1S/C19H18N2O3/c1-21(2)9-7-12-10-14(23-3)18-16-13(12)5-4-11-6-8-20-17(15(11)16)19(22)24-18/h4-6,8,10H,7,9H2,1-3H3. The van der Waals surface area contributed by atoms with Crippen LogP contribution in [0.2, 0.25) is 0 Å². The SMILES string of the molecule is COc1cc(CCN(C)C)c2ccc3ccnc4c(=O)oc1c2c34. The van der Waals surface area contributed by atoms with E-state index in [2.05, 4.69) is 30.0 Å². The third-order valence-corrected chi connectivity index (χ3v) is 4.47. The summed E-state index contributed by atoms with van der Waals surface area (Å²) >= 11 is 0. The Labute approximate surface area is 138 Å². The van der Waals surface area contributed by atoms with E-state index in [1.165, 1.54) is 5.56 Å². The van der Waals surface area contributed by atoms with Crippen molar-refractivity contribution in [3.63, 3.8) is 0 Å². The van der Waals surface area contributed by atoms with Crippen molar-refractivity contribution < 1.29 is 9.15 Å². The van der Waals surface area contributed by atoms with Crippen molar-refractivity contribution in [1.29, 1.82) is 0 Å². The molecule has 0 spiro atoms. The molecule has 0 aliphatic carbocycles. The van der Waals surface area contributed by atoms with E-state index in [4.69, 9.17) is 9.15 Å². The monoisotopic (exact) mass is 322 g/mol. The molecule has 0 saturated carbocycles. The summed E-state index contributed by atoms with van der Waals surface area (Å²) < 4.78 is 11.1. The van der Waals surface area contributed by atoms with Gasteiger partial charge in [-0.15, -0.1) is 0 Å². The Hall–Kier alpha value is -2.66. The van der Waals surface area contributed by atoms with E-state index in [0.29, 0.717) is 16.8 Å². The Morgan fingerprint density at radius 1 is 1.21 bits per heavy atom. The lowest BCUT2D eigenvalue weighted by Gasteiger charge is -2.16. The first-order valence-corrected chi connectivity index (χ1v) is 7.88. The zero-order valence-electron chi connectivity index (χ0n) is 13.9. The quantitative estimate of drug-likeness (QED) is 0.427. The fourth-order valence-electron chi connectivity index (χ4n) is 3.30. The second-order valence-corrected chi connectivity index (χ2v) is 6.26. The molecule has 4 rings (SSSR count). The predicted molar refractivity (Wildman–Crippen MR) is 95.3 cm³/mol. The number of hydrogen-bond acceptors (Lipinski definition) is 5. The molecule has 5 heteroatoms. The van der Waals surface area contributed by atoms with E-state index in [1.54, 1.807) is 13.3 Å². The van der Waals surface area contributed by atoms with Gasteiger partial charge in [-0.3, -0.25) is 0 Å². The summed E-state index contributed by atoms with van der Waals surface area (Å²) in [7, 11) is 5.70. The number of hydrogen-bond donors (Lipinski definition) is 0. The molecule has 0 atom stereocenters. The van der Waals surface area contributed by atoms with E-state index in [9.17, 15) is 4.79 Å². The fraction of sp³-hybridized carbons (Fsp3) is 0.263. The first-order chi connectivity index (χ1) is 11.6. The number of ether oxygens (including phenoxy) is 1. The van der Waals surface area contributed by atoms with Gasteiger partial charge in [0.05, 0.1) is 7.11 Å². The predicted octanol–water partition coefficient (Wildman–Crippen LogP) is 3.04. The maximum absolute atomic E-state index is 12.3. The third-order valence-electron chi connectivity index (χ3n) is 4.47. The van der Waals surface area contributed by atoms with Crippen LogP contribution in [-0.4, -0.2) is 37.6 Å². The van der Waals surface area contributed by atoms with Crippen molar-refractivity contribution in [2.45, 2.75) is 6.42 Å². The highest BCUT2D eigenvalue weighted by Crippen LogP contribution is 2.38. The summed E-state index contributed by atoms with van der Waals surface area (Å²) in [5.41, 5.74) is 1.61. The maximum Gasteiger partial charge on any atom is 0.363 e. The summed E-state index contributed by atoms with van der Waals surface area (Å²) in [6.07, 6.45) is 2.53. The minimum atomic E-state index is -0.431. The Morgan fingerprint density at radius 2 is 2.04 bits per heavy atom. The first kappa shape index (κ1) is 14.9. The van der Waals surface area contributed by atoms with E-state index in [-0.39, 0.29) is 0 Å². The number of pyridine rings is 1. The molecule has 2 aromatic carbocycles. The smallest absolute Gasteiger partial charge is 0.363 e. The third kappa shape index (κ3) is 2.12. The number of aromatic nitrogens is 1. The molecule has 122 valence electrons. The van der Waals surface area contributed by atoms with Gasteiger partial charge in [0.25, 0.3) is 0 Å². The van der Waals surface area contributed by atoms with Crippen LogP contribution in [0.3, 0.4) is 0 Å². The minimum absolute atomic E-state index is 0.373. The van der Waals surface area contributed by atoms with Crippen molar-refractivity contribution in [2.75, 3.05) is 27.7 Å². The van der Waals surface area contributed by atoms with Gasteiger partial charge in [0.15, 0.2) is 16.8 Å². The summed E-state index contributed by atoms with van der Waals surface area (Å²) in [5.74, 6) is 0.589. The molecule has 0 aliphatic heterocycles. The molecule has 5 nitrogen and oxygen atoms in total. The van der Waals surface area contributed by atoms with Gasteiger partial charge >= 0.3 is 5.63 Å². The first-order valence-electron chi connectivity index (χ1n) is 7.88. The highest BCUT2D eigenvalue weighted by molar-refractivity contribution is 6.21. The molecule has 2 aromatic heterocycles. The topological polar surface area (TPSA) is 55.6 Å². The van der Waals surface area contributed by atoms with Crippen LogP contribution in [0.1, 0.15) is 5.56 Å². The van der Waals surface area contributed by atoms with Crippen LogP contribution in [-0.2, 0) is 6.42 Å². The zero-order chi connectivity index (χ0) is 16.8. The lowest BCUT2D eigenvalue weighted by atomic mass is 9.95. The van der Waals surface area contributed by atoms with Crippen molar-refractivity contribution >= 4 is 32.6 Å². The van der Waals surface area contributed by atoms with Crippen LogP contribution < -0.4 is 10.4 Å². The Morgan fingerprint density at radius 3 is 2.79 bits per heavy atom. The van der Waals surface area contributed by atoms with Crippen LogP contribution in [0, 0.1) is 0 Å². The molecule has 0 N–H and O–H groups in total. The van der Waals surface area contributed by atoms with Gasteiger partial charge in [0.2, 0.25) is 0 Å². The van der Waals surface area contributed by atoms with E-state index >= 15 is 0 Å². The number of benzene rings is 2. The number of nitrogens with zero attached hydrogens (tertiary/aromatic N) is 2. The van der Waals surface area contributed by atoms with Crippen LogP contribution in [0.5, 0.6) is 5.75 Å². The van der Waals surface area contributed by atoms with E-state index < -0.39 is 5.63 Å². The molecule has 0 saturated heterocycles. The molecule has 0 radical (unpaired) electrons. The van der Waals surface area contributed by atoms with Crippen LogP contribution in [0.4, 0.5) is 0 Å². The van der Waals surface area contributed by atoms with Gasteiger partial charge < -0.3 is 14.1 Å². The lowest BCUT2D eigenvalue weighted by Crippen LogP contribution is -2.15. The van der Waals surface area contributed by atoms with Crippen LogP contribution >= 0.6 is 0 Å². The van der Waals surface area contributed by atoms with Gasteiger partial charge in [-0.1, -0.05) is 12.1 Å². The van der Waals surface area contributed by atoms with Crippen LogP contribution in [0.15, 0.2) is 39.7 Å². The number of methoxy groups -OCH3 is 1. The molecular formula is C19H18N2O3. The van der Waals surface area contributed by atoms with Crippen molar-refractivity contribution in [3.8, 4) is 5.75 Å². The summed E-state index contributed by atoms with van der Waals surface area (Å²) in [6.45, 7) is 0.926. The van der Waals surface area contributed by atoms with Gasteiger partial charge in [0, 0.05) is 23.5 Å². The largest absolute Gasteiger partial charge is 0.493 e. The van der Waals surface area contributed by atoms with Crippen molar-refractivity contribution in [2.24, 2.45) is 0 Å².